The predicted molar refractivity (Wildman–Crippen MR) is 88.1 cm³/mol. The molecule has 0 rings (SSSR count). The molecule has 0 saturated heterocycles. The Morgan fingerprint density at radius 1 is 0.864 bits per heavy atom. The van der Waals surface area contributed by atoms with Crippen LogP contribution in [0.25, 0.3) is 0 Å². The van der Waals surface area contributed by atoms with Crippen molar-refractivity contribution in [2.45, 2.75) is 84.0 Å². The van der Waals surface area contributed by atoms with Crippen molar-refractivity contribution in [3.8, 4) is 0 Å². The van der Waals surface area contributed by atoms with Crippen molar-refractivity contribution in [2.75, 3.05) is 6.54 Å². The molecule has 0 aliphatic heterocycles. The molecule has 0 aliphatic carbocycles. The van der Waals surface area contributed by atoms with Crippen LogP contribution in [0.4, 0.5) is 0 Å². The number of rotatable bonds is 13. The molecule has 0 unspecified atom stereocenters. The summed E-state index contributed by atoms with van der Waals surface area (Å²) in [7, 11) is 0. The predicted octanol–water partition coefficient (Wildman–Crippen LogP) is 1.12. The summed E-state index contributed by atoms with van der Waals surface area (Å²) in [6.45, 7) is 5.37. The van der Waals surface area contributed by atoms with Crippen molar-refractivity contribution in [2.24, 2.45) is 5.73 Å². The van der Waals surface area contributed by atoms with Crippen LogP contribution in [0.3, 0.4) is 0 Å². The molecule has 0 heterocycles. The first kappa shape index (κ1) is 26.8. The van der Waals surface area contributed by atoms with Crippen LogP contribution in [-0.2, 0) is 9.59 Å². The van der Waals surface area contributed by atoms with Gasteiger partial charge in [-0.1, -0.05) is 71.1 Å². The quantitative estimate of drug-likeness (QED) is 0.302. The second-order valence-electron chi connectivity index (χ2n) is 5.42. The summed E-state index contributed by atoms with van der Waals surface area (Å²) in [4.78, 5) is 19.8. The Kier molecular flexibility index (Phi) is 28.4. The van der Waals surface area contributed by atoms with Gasteiger partial charge in [-0.3, -0.25) is 4.79 Å². The summed E-state index contributed by atoms with van der Waals surface area (Å²) in [5, 5.41) is 7.60. The van der Waals surface area contributed by atoms with Crippen LogP contribution in [0.1, 0.15) is 84.0 Å². The normalized spacial score (nSPS) is 9.36. The molecule has 0 amide bonds. The number of unbranched alkanes of at least 4 members (excludes halogenated alkanes) is 10. The second-order valence-corrected chi connectivity index (χ2v) is 5.42. The third-order valence-electron chi connectivity index (χ3n) is 3.23. The number of carbonyl (C=O) groups is 2. The smallest absolute Gasteiger partial charge is 0.480 e. The topological polar surface area (TPSA) is 80.4 Å². The van der Waals surface area contributed by atoms with Crippen LogP contribution in [0.2, 0.25) is 0 Å². The van der Waals surface area contributed by atoms with E-state index in [1.54, 1.807) is 0 Å². The number of carboxylic acids is 1. The number of carboxylic acid groups (broad SMARTS) is 1. The Bertz CT molecular complexity index is 248. The summed E-state index contributed by atoms with van der Waals surface area (Å²) in [6.07, 6.45) is 15.3. The number of hydrogen-bond acceptors (Lipinski definition) is 3. The Morgan fingerprint density at radius 2 is 1.18 bits per heavy atom. The molecule has 0 spiro atoms. The minimum atomic E-state index is -0.968. The van der Waals surface area contributed by atoms with Crippen molar-refractivity contribution in [3.63, 3.8) is 0 Å². The molecule has 0 fully saturated rings. The maximum absolute atomic E-state index is 10.6. The van der Waals surface area contributed by atoms with Gasteiger partial charge >= 0.3 is 35.5 Å². The molecule has 3 N–H and O–H groups in total. The van der Waals surface area contributed by atoms with Gasteiger partial charge in [0, 0.05) is 0 Å². The van der Waals surface area contributed by atoms with E-state index in [-0.39, 0.29) is 41.9 Å². The van der Waals surface area contributed by atoms with Crippen molar-refractivity contribution < 1.29 is 44.3 Å². The monoisotopic (exact) mass is 323 g/mol. The average Bonchev–Trinajstić information content (AvgIpc) is 2.45. The Morgan fingerprint density at radius 3 is 1.45 bits per heavy atom. The molecule has 0 bridgehead atoms. The summed E-state index contributed by atoms with van der Waals surface area (Å²) >= 11 is 0. The molecule has 0 radical (unpaired) electrons. The fraction of sp³-hybridized carbons (Fsp3) is 0.824. The summed E-state index contributed by atoms with van der Waals surface area (Å²) in [5.74, 6) is -0.874. The van der Waals surface area contributed by atoms with E-state index in [0.29, 0.717) is 6.42 Å². The minimum absolute atomic E-state index is 0. The number of nitrogens with two attached hydrogens (primary N) is 1. The molecule has 22 heavy (non-hydrogen) atoms. The van der Waals surface area contributed by atoms with Gasteiger partial charge < -0.3 is 22.6 Å². The maximum atomic E-state index is 10.6. The molecule has 0 atom stereocenters. The van der Waals surface area contributed by atoms with Gasteiger partial charge in [0.1, 0.15) is 0 Å². The van der Waals surface area contributed by atoms with Gasteiger partial charge in [-0.15, -0.1) is 0 Å². The van der Waals surface area contributed by atoms with Gasteiger partial charge in [-0.2, -0.15) is 0 Å². The van der Waals surface area contributed by atoms with Crippen LogP contribution in [0.15, 0.2) is 0 Å². The van der Waals surface area contributed by atoms with Crippen molar-refractivity contribution in [3.05, 3.63) is 6.92 Å². The van der Waals surface area contributed by atoms with E-state index in [4.69, 9.17) is 5.11 Å². The Labute approximate surface area is 158 Å². The van der Waals surface area contributed by atoms with E-state index in [1.165, 1.54) is 64.2 Å². The third kappa shape index (κ3) is 32.1. The van der Waals surface area contributed by atoms with Crippen LogP contribution in [0.5, 0.6) is 0 Å². The Hall–Kier alpha value is -0.0300. The fourth-order valence-corrected chi connectivity index (χ4v) is 1.99. The third-order valence-corrected chi connectivity index (χ3v) is 3.23. The molecule has 5 heteroatoms. The first-order valence-electron chi connectivity index (χ1n) is 8.31. The van der Waals surface area contributed by atoms with Gasteiger partial charge in [0.2, 0.25) is 0 Å². The van der Waals surface area contributed by atoms with Gasteiger partial charge in [-0.25, -0.2) is 0 Å². The average molecular weight is 323 g/mol. The van der Waals surface area contributed by atoms with Gasteiger partial charge in [0.25, 0.3) is 0 Å². The molecule has 4 nitrogen and oxygen atoms in total. The molecule has 0 saturated carbocycles. The van der Waals surface area contributed by atoms with Crippen LogP contribution in [-0.4, -0.2) is 23.4 Å². The van der Waals surface area contributed by atoms with Crippen molar-refractivity contribution in [1.29, 1.82) is 0 Å². The standard InChI is InChI=1S/C15H29O.C2H5NO2.Na/c1-3-4-5-6-7-8-9-10-11-12-13-14-15(2)16;3-1-2(4)5;/h2-14H2,1H3;1,3H2,(H,4,5);/q-1;;+1. The largest absolute Gasteiger partial charge is 1.00 e. The number of ketones is 1. The van der Waals surface area contributed by atoms with E-state index >= 15 is 0 Å². The second kappa shape index (κ2) is 23.2. The van der Waals surface area contributed by atoms with Crippen LogP contribution < -0.4 is 35.3 Å². The van der Waals surface area contributed by atoms with Crippen LogP contribution >= 0.6 is 0 Å². The van der Waals surface area contributed by atoms with E-state index in [9.17, 15) is 9.59 Å². The summed E-state index contributed by atoms with van der Waals surface area (Å²) in [6, 6.07) is 0. The van der Waals surface area contributed by atoms with Crippen molar-refractivity contribution in [1.82, 2.24) is 0 Å². The van der Waals surface area contributed by atoms with E-state index in [1.807, 2.05) is 0 Å². The van der Waals surface area contributed by atoms with Crippen molar-refractivity contribution >= 4 is 11.8 Å². The van der Waals surface area contributed by atoms with Gasteiger partial charge in [0.15, 0.2) is 0 Å². The zero-order valence-electron chi connectivity index (χ0n) is 14.7. The molecular formula is C17H34NNaO3. The molecule has 0 aliphatic rings. The molecule has 126 valence electrons. The first-order valence-corrected chi connectivity index (χ1v) is 8.31. The van der Waals surface area contributed by atoms with Gasteiger partial charge in [-0.05, 0) is 18.6 Å². The molecule has 0 aromatic rings. The molecule has 0 aromatic heterocycles. The minimum Gasteiger partial charge on any atom is -0.480 e. The molecule has 0 aromatic carbocycles. The zero-order chi connectivity index (χ0) is 16.3. The maximum Gasteiger partial charge on any atom is 1.00 e. The van der Waals surface area contributed by atoms with E-state index in [2.05, 4.69) is 19.6 Å². The van der Waals surface area contributed by atoms with Gasteiger partial charge in [0.05, 0.1) is 6.54 Å². The number of carbonyl (C=O) groups excluding carboxylic acids is 1. The number of Topliss-reactive ketones (excluding diaryl/α,β-unsaturated/α-hetero) is 1. The number of hydrogen-bond donors (Lipinski definition) is 2. The zero-order valence-corrected chi connectivity index (χ0v) is 16.7. The van der Waals surface area contributed by atoms with E-state index in [0.717, 1.165) is 6.42 Å². The van der Waals surface area contributed by atoms with Crippen LogP contribution in [0, 0.1) is 6.92 Å². The Balaban J connectivity index is -0.000000520. The number of aliphatic carboxylic acids is 1. The summed E-state index contributed by atoms with van der Waals surface area (Å²) < 4.78 is 0. The molecular weight excluding hydrogens is 289 g/mol. The summed E-state index contributed by atoms with van der Waals surface area (Å²) in [5.41, 5.74) is 4.57. The fourth-order valence-electron chi connectivity index (χ4n) is 1.99. The van der Waals surface area contributed by atoms with E-state index < -0.39 is 5.97 Å². The first-order chi connectivity index (χ1) is 10.0. The SMILES string of the molecule is NCC(=O)O.[CH2-]C(=O)CCCCCCCCCCCCC.[Na+].